The topological polar surface area (TPSA) is 55.4 Å². The number of halogens is 2. The molecule has 0 aromatic heterocycles. The minimum absolute atomic E-state index is 0.126. The molecule has 7 heteroatoms. The fourth-order valence-corrected chi connectivity index (χ4v) is 2.93. The predicted molar refractivity (Wildman–Crippen MR) is 74.1 cm³/mol. The summed E-state index contributed by atoms with van der Waals surface area (Å²) >= 11 is 0. The number of alkyl halides is 2. The van der Waals surface area contributed by atoms with Crippen LogP contribution < -0.4 is 5.32 Å². The number of benzene rings is 1. The van der Waals surface area contributed by atoms with E-state index in [-0.39, 0.29) is 12.4 Å². The van der Waals surface area contributed by atoms with Gasteiger partial charge in [-0.1, -0.05) is 6.92 Å². The summed E-state index contributed by atoms with van der Waals surface area (Å²) in [7, 11) is -3.20. The van der Waals surface area contributed by atoms with Gasteiger partial charge < -0.3 is 10.1 Å². The first-order valence-electron chi connectivity index (χ1n) is 6.38. The van der Waals surface area contributed by atoms with Crippen LogP contribution in [0.1, 0.15) is 13.3 Å². The van der Waals surface area contributed by atoms with Crippen molar-refractivity contribution in [2.45, 2.75) is 24.7 Å². The van der Waals surface area contributed by atoms with Gasteiger partial charge in [0.15, 0.2) is 9.84 Å². The summed E-state index contributed by atoms with van der Waals surface area (Å²) in [6, 6.07) is 6.37. The summed E-state index contributed by atoms with van der Waals surface area (Å²) in [6.45, 7) is 1.79. The molecule has 0 heterocycles. The van der Waals surface area contributed by atoms with Crippen molar-refractivity contribution in [1.82, 2.24) is 0 Å². The summed E-state index contributed by atoms with van der Waals surface area (Å²) in [5, 5.41) is 2.96. The lowest BCUT2D eigenvalue weighted by atomic mass is 10.3. The molecule has 0 saturated carbocycles. The number of nitrogens with one attached hydrogen (secondary N) is 1. The summed E-state index contributed by atoms with van der Waals surface area (Å²) in [6.07, 6.45) is -1.89. The molecule has 0 bridgehead atoms. The minimum Gasteiger partial charge on any atom is -0.383 e. The van der Waals surface area contributed by atoms with Crippen molar-refractivity contribution in [3.63, 3.8) is 0 Å². The quantitative estimate of drug-likeness (QED) is 0.712. The normalized spacial score (nSPS) is 11.8. The molecule has 1 rings (SSSR count). The van der Waals surface area contributed by atoms with E-state index in [0.29, 0.717) is 17.9 Å². The summed E-state index contributed by atoms with van der Waals surface area (Å²) in [4.78, 5) is 0.291. The van der Waals surface area contributed by atoms with Crippen LogP contribution in [0.5, 0.6) is 0 Å². The highest BCUT2D eigenvalue weighted by molar-refractivity contribution is 7.91. The van der Waals surface area contributed by atoms with Crippen molar-refractivity contribution in [2.24, 2.45) is 0 Å². The van der Waals surface area contributed by atoms with Crippen LogP contribution >= 0.6 is 0 Å². The van der Waals surface area contributed by atoms with E-state index < -0.39 is 22.9 Å². The predicted octanol–water partition coefficient (Wildman–Crippen LogP) is 2.56. The molecule has 0 radical (unpaired) electrons. The molecule has 1 N–H and O–H groups in total. The molecular weight excluding hydrogens is 288 g/mol. The van der Waals surface area contributed by atoms with E-state index in [1.165, 1.54) is 12.1 Å². The molecule has 1 aromatic carbocycles. The lowest BCUT2D eigenvalue weighted by molar-refractivity contribution is 0.0215. The zero-order chi connectivity index (χ0) is 15.0. The molecule has 0 unspecified atom stereocenters. The second-order valence-electron chi connectivity index (χ2n) is 4.24. The van der Waals surface area contributed by atoms with E-state index in [4.69, 9.17) is 4.74 Å². The number of anilines is 1. The summed E-state index contributed by atoms with van der Waals surface area (Å²) in [5.74, 6) is 0.126. The van der Waals surface area contributed by atoms with Gasteiger partial charge in [0.05, 0.1) is 17.3 Å². The fraction of sp³-hybridized carbons (Fsp3) is 0.538. The second kappa shape index (κ2) is 8.16. The zero-order valence-corrected chi connectivity index (χ0v) is 12.1. The zero-order valence-electron chi connectivity index (χ0n) is 11.3. The summed E-state index contributed by atoms with van der Waals surface area (Å²) < 4.78 is 51.9. The molecule has 0 spiro atoms. The molecule has 0 aliphatic rings. The van der Waals surface area contributed by atoms with Gasteiger partial charge in [0.2, 0.25) is 0 Å². The third-order valence-electron chi connectivity index (χ3n) is 2.51. The monoisotopic (exact) mass is 307 g/mol. The van der Waals surface area contributed by atoms with Crippen molar-refractivity contribution in [2.75, 3.05) is 30.8 Å². The van der Waals surface area contributed by atoms with Gasteiger partial charge in [-0.05, 0) is 30.7 Å². The molecule has 20 heavy (non-hydrogen) atoms. The molecule has 0 atom stereocenters. The van der Waals surface area contributed by atoms with Gasteiger partial charge in [0, 0.05) is 12.2 Å². The van der Waals surface area contributed by atoms with E-state index in [2.05, 4.69) is 5.32 Å². The molecule has 0 saturated heterocycles. The van der Waals surface area contributed by atoms with E-state index in [1.807, 2.05) is 6.92 Å². The Kier molecular flexibility index (Phi) is 6.87. The minimum atomic E-state index is -3.20. The van der Waals surface area contributed by atoms with Crippen LogP contribution in [0.3, 0.4) is 0 Å². The SMILES string of the molecule is CCCS(=O)(=O)c1ccc(NCCOCC(F)F)cc1. The molecule has 0 aliphatic carbocycles. The maximum absolute atomic E-state index is 11.8. The third kappa shape index (κ3) is 5.83. The first kappa shape index (κ1) is 16.8. The third-order valence-corrected chi connectivity index (χ3v) is 4.44. The van der Waals surface area contributed by atoms with Crippen LogP contribution in [0.4, 0.5) is 14.5 Å². The Bertz CT molecular complexity index is 489. The molecular formula is C13H19F2NO3S. The van der Waals surface area contributed by atoms with Crippen molar-refractivity contribution in [3.05, 3.63) is 24.3 Å². The number of sulfone groups is 1. The number of hydrogen-bond donors (Lipinski definition) is 1. The molecule has 0 fully saturated rings. The van der Waals surface area contributed by atoms with Crippen LogP contribution in [0.2, 0.25) is 0 Å². The van der Waals surface area contributed by atoms with Crippen molar-refractivity contribution >= 4 is 15.5 Å². The number of rotatable bonds is 9. The number of hydrogen-bond acceptors (Lipinski definition) is 4. The van der Waals surface area contributed by atoms with Crippen LogP contribution in [0.15, 0.2) is 29.2 Å². The highest BCUT2D eigenvalue weighted by atomic mass is 32.2. The second-order valence-corrected chi connectivity index (χ2v) is 6.35. The first-order valence-corrected chi connectivity index (χ1v) is 8.03. The van der Waals surface area contributed by atoms with Crippen LogP contribution in [0.25, 0.3) is 0 Å². The average molecular weight is 307 g/mol. The number of ether oxygens (including phenoxy) is 1. The van der Waals surface area contributed by atoms with Gasteiger partial charge in [-0.25, -0.2) is 17.2 Å². The van der Waals surface area contributed by atoms with E-state index in [9.17, 15) is 17.2 Å². The Morgan fingerprint density at radius 3 is 2.45 bits per heavy atom. The lowest BCUT2D eigenvalue weighted by Crippen LogP contribution is -2.13. The van der Waals surface area contributed by atoms with Crippen molar-refractivity contribution < 1.29 is 21.9 Å². The van der Waals surface area contributed by atoms with Gasteiger partial charge >= 0.3 is 0 Å². The highest BCUT2D eigenvalue weighted by Crippen LogP contribution is 2.15. The Balaban J connectivity index is 2.43. The van der Waals surface area contributed by atoms with Gasteiger partial charge in [-0.15, -0.1) is 0 Å². The summed E-state index contributed by atoms with van der Waals surface area (Å²) in [5.41, 5.74) is 0.723. The Morgan fingerprint density at radius 1 is 1.25 bits per heavy atom. The van der Waals surface area contributed by atoms with Crippen LogP contribution in [0, 0.1) is 0 Å². The van der Waals surface area contributed by atoms with E-state index >= 15 is 0 Å². The molecule has 0 amide bonds. The van der Waals surface area contributed by atoms with Gasteiger partial charge in [-0.2, -0.15) is 0 Å². The first-order chi connectivity index (χ1) is 9.45. The molecule has 114 valence electrons. The van der Waals surface area contributed by atoms with E-state index in [0.717, 1.165) is 5.69 Å². The van der Waals surface area contributed by atoms with Gasteiger partial charge in [-0.3, -0.25) is 0 Å². The lowest BCUT2D eigenvalue weighted by Gasteiger charge is -2.08. The van der Waals surface area contributed by atoms with Crippen LogP contribution in [-0.4, -0.2) is 40.4 Å². The fourth-order valence-electron chi connectivity index (χ4n) is 1.61. The molecule has 4 nitrogen and oxygen atoms in total. The average Bonchev–Trinajstić information content (AvgIpc) is 2.38. The van der Waals surface area contributed by atoms with Gasteiger partial charge in [0.25, 0.3) is 6.43 Å². The van der Waals surface area contributed by atoms with Gasteiger partial charge in [0.1, 0.15) is 6.61 Å². The van der Waals surface area contributed by atoms with Crippen molar-refractivity contribution in [1.29, 1.82) is 0 Å². The Hall–Kier alpha value is -1.21. The standard InChI is InChI=1S/C13H19F2NO3S/c1-2-9-20(17,18)12-5-3-11(4-6-12)16-7-8-19-10-13(14)15/h3-6,13,16H,2,7-10H2,1H3. The molecule has 0 aliphatic heterocycles. The maximum Gasteiger partial charge on any atom is 0.261 e. The van der Waals surface area contributed by atoms with Crippen molar-refractivity contribution in [3.8, 4) is 0 Å². The Labute approximate surface area is 118 Å². The van der Waals surface area contributed by atoms with Crippen LogP contribution in [-0.2, 0) is 14.6 Å². The maximum atomic E-state index is 11.8. The Morgan fingerprint density at radius 2 is 1.90 bits per heavy atom. The molecule has 1 aromatic rings. The smallest absolute Gasteiger partial charge is 0.261 e. The largest absolute Gasteiger partial charge is 0.383 e. The van der Waals surface area contributed by atoms with E-state index in [1.54, 1.807) is 12.1 Å². The highest BCUT2D eigenvalue weighted by Gasteiger charge is 2.12.